The molecule has 26 heavy (non-hydrogen) atoms. The Morgan fingerprint density at radius 1 is 1.19 bits per heavy atom. The summed E-state index contributed by atoms with van der Waals surface area (Å²) in [6, 6.07) is 7.04. The number of hydrogen-bond donors (Lipinski definition) is 2. The van der Waals surface area contributed by atoms with Crippen LogP contribution in [-0.4, -0.2) is 31.8 Å². The Labute approximate surface area is 157 Å². The zero-order valence-electron chi connectivity index (χ0n) is 15.2. The van der Waals surface area contributed by atoms with Crippen molar-refractivity contribution in [1.29, 1.82) is 0 Å². The molecule has 0 radical (unpaired) electrons. The van der Waals surface area contributed by atoms with Gasteiger partial charge in [0.2, 0.25) is 11.8 Å². The molecule has 0 saturated heterocycles. The molecule has 1 aliphatic rings. The summed E-state index contributed by atoms with van der Waals surface area (Å²) in [5.41, 5.74) is 1.38. The Bertz CT molecular complexity index is 798. The summed E-state index contributed by atoms with van der Waals surface area (Å²) in [4.78, 5) is 23.5. The maximum Gasteiger partial charge on any atom is 0.237 e. The topological polar surface area (TPSA) is 88.9 Å². The average molecular weight is 373 g/mol. The minimum absolute atomic E-state index is 0.0964. The quantitative estimate of drug-likeness (QED) is 0.727. The number of aromatic nitrogens is 3. The summed E-state index contributed by atoms with van der Waals surface area (Å²) in [5, 5.41) is 14.7. The fourth-order valence-corrected chi connectivity index (χ4v) is 3.54. The third kappa shape index (κ3) is 4.43. The van der Waals surface area contributed by atoms with Gasteiger partial charge >= 0.3 is 0 Å². The lowest BCUT2D eigenvalue weighted by atomic mass is 10.2. The predicted octanol–water partition coefficient (Wildman–Crippen LogP) is 3.25. The maximum absolute atomic E-state index is 12.5. The van der Waals surface area contributed by atoms with Crippen LogP contribution in [0.3, 0.4) is 0 Å². The SMILES string of the molecule is CCn1c(S[C@@H](C)C(=O)Nc2ccc(NC(C)=O)cc2)nnc1C1CC1. The summed E-state index contributed by atoms with van der Waals surface area (Å²) >= 11 is 1.42. The van der Waals surface area contributed by atoms with Gasteiger partial charge in [-0.25, -0.2) is 0 Å². The van der Waals surface area contributed by atoms with Crippen molar-refractivity contribution in [2.75, 3.05) is 10.6 Å². The van der Waals surface area contributed by atoms with Gasteiger partial charge in [0.25, 0.3) is 0 Å². The lowest BCUT2D eigenvalue weighted by molar-refractivity contribution is -0.115. The number of carbonyl (C=O) groups is 2. The van der Waals surface area contributed by atoms with Gasteiger partial charge in [0.15, 0.2) is 5.16 Å². The predicted molar refractivity (Wildman–Crippen MR) is 102 cm³/mol. The van der Waals surface area contributed by atoms with E-state index in [-0.39, 0.29) is 17.1 Å². The van der Waals surface area contributed by atoms with E-state index >= 15 is 0 Å². The van der Waals surface area contributed by atoms with Crippen molar-refractivity contribution in [1.82, 2.24) is 14.8 Å². The first-order chi connectivity index (χ1) is 12.5. The van der Waals surface area contributed by atoms with Gasteiger partial charge in [-0.05, 0) is 51.0 Å². The first-order valence-electron chi connectivity index (χ1n) is 8.76. The van der Waals surface area contributed by atoms with E-state index in [1.165, 1.54) is 31.5 Å². The molecule has 0 spiro atoms. The second-order valence-electron chi connectivity index (χ2n) is 6.37. The smallest absolute Gasteiger partial charge is 0.237 e. The normalized spacial score (nSPS) is 14.7. The number of benzene rings is 1. The molecule has 2 aromatic rings. The van der Waals surface area contributed by atoms with Crippen molar-refractivity contribution in [3.05, 3.63) is 30.1 Å². The molecule has 1 heterocycles. The highest BCUT2D eigenvalue weighted by molar-refractivity contribution is 8.00. The van der Waals surface area contributed by atoms with Gasteiger partial charge < -0.3 is 15.2 Å². The largest absolute Gasteiger partial charge is 0.326 e. The van der Waals surface area contributed by atoms with Gasteiger partial charge in [0.05, 0.1) is 5.25 Å². The van der Waals surface area contributed by atoms with E-state index in [2.05, 4.69) is 32.3 Å². The van der Waals surface area contributed by atoms with E-state index in [1.54, 1.807) is 24.3 Å². The van der Waals surface area contributed by atoms with E-state index in [0.29, 0.717) is 17.3 Å². The number of anilines is 2. The molecule has 2 N–H and O–H groups in total. The van der Waals surface area contributed by atoms with Crippen LogP contribution >= 0.6 is 11.8 Å². The summed E-state index contributed by atoms with van der Waals surface area (Å²) in [5.74, 6) is 1.34. The molecule has 1 fully saturated rings. The zero-order chi connectivity index (χ0) is 18.7. The molecule has 138 valence electrons. The monoisotopic (exact) mass is 373 g/mol. The van der Waals surface area contributed by atoms with Crippen LogP contribution in [0.4, 0.5) is 11.4 Å². The van der Waals surface area contributed by atoms with Crippen molar-refractivity contribution in [2.24, 2.45) is 0 Å². The molecular formula is C18H23N5O2S. The third-order valence-corrected chi connectivity index (χ3v) is 5.21. The van der Waals surface area contributed by atoms with E-state index in [0.717, 1.165) is 17.5 Å². The molecule has 1 aromatic carbocycles. The van der Waals surface area contributed by atoms with Crippen LogP contribution in [-0.2, 0) is 16.1 Å². The maximum atomic E-state index is 12.5. The minimum Gasteiger partial charge on any atom is -0.326 e. The fraction of sp³-hybridized carbons (Fsp3) is 0.444. The number of carbonyl (C=O) groups excluding carboxylic acids is 2. The second-order valence-corrected chi connectivity index (χ2v) is 7.68. The van der Waals surface area contributed by atoms with E-state index < -0.39 is 0 Å². The molecule has 8 heteroatoms. The van der Waals surface area contributed by atoms with Crippen molar-refractivity contribution in [3.8, 4) is 0 Å². The summed E-state index contributed by atoms with van der Waals surface area (Å²) in [6.07, 6.45) is 2.35. The van der Waals surface area contributed by atoms with Gasteiger partial charge in [-0.1, -0.05) is 11.8 Å². The molecule has 0 aliphatic heterocycles. The molecule has 0 unspecified atom stereocenters. The van der Waals surface area contributed by atoms with Crippen molar-refractivity contribution >= 4 is 35.0 Å². The highest BCUT2D eigenvalue weighted by Gasteiger charge is 2.30. The Morgan fingerprint density at radius 3 is 2.35 bits per heavy atom. The van der Waals surface area contributed by atoms with Crippen LogP contribution in [0.2, 0.25) is 0 Å². The van der Waals surface area contributed by atoms with Gasteiger partial charge in [-0.2, -0.15) is 0 Å². The number of hydrogen-bond acceptors (Lipinski definition) is 5. The van der Waals surface area contributed by atoms with Crippen LogP contribution in [0.1, 0.15) is 45.4 Å². The van der Waals surface area contributed by atoms with E-state index in [4.69, 9.17) is 0 Å². The lowest BCUT2D eigenvalue weighted by Gasteiger charge is -2.13. The Balaban J connectivity index is 1.60. The average Bonchev–Trinajstić information content (AvgIpc) is 3.37. The number of rotatable bonds is 7. The Kier molecular flexibility index (Phi) is 5.61. The highest BCUT2D eigenvalue weighted by atomic mass is 32.2. The number of thioether (sulfide) groups is 1. The van der Waals surface area contributed by atoms with Gasteiger partial charge in [-0.15, -0.1) is 10.2 Å². The number of nitrogens with zero attached hydrogens (tertiary/aromatic N) is 3. The lowest BCUT2D eigenvalue weighted by Crippen LogP contribution is -2.23. The Morgan fingerprint density at radius 2 is 1.81 bits per heavy atom. The summed E-state index contributed by atoms with van der Waals surface area (Å²) in [7, 11) is 0. The first-order valence-corrected chi connectivity index (χ1v) is 9.64. The van der Waals surface area contributed by atoms with Gasteiger partial charge in [0.1, 0.15) is 5.82 Å². The molecule has 7 nitrogen and oxygen atoms in total. The molecule has 0 bridgehead atoms. The molecule has 2 amide bonds. The van der Waals surface area contributed by atoms with Crippen LogP contribution in [0.25, 0.3) is 0 Å². The minimum atomic E-state index is -0.299. The van der Waals surface area contributed by atoms with Gasteiger partial charge in [-0.3, -0.25) is 9.59 Å². The van der Waals surface area contributed by atoms with Crippen LogP contribution in [0, 0.1) is 0 Å². The molecule has 3 rings (SSSR count). The van der Waals surface area contributed by atoms with Crippen LogP contribution in [0.5, 0.6) is 0 Å². The van der Waals surface area contributed by atoms with Crippen LogP contribution < -0.4 is 10.6 Å². The van der Waals surface area contributed by atoms with Crippen molar-refractivity contribution in [2.45, 2.75) is 56.5 Å². The van der Waals surface area contributed by atoms with Crippen molar-refractivity contribution < 1.29 is 9.59 Å². The number of amides is 2. The summed E-state index contributed by atoms with van der Waals surface area (Å²) < 4.78 is 2.11. The molecule has 1 aromatic heterocycles. The molecule has 1 aliphatic carbocycles. The first kappa shape index (κ1) is 18.4. The standard InChI is InChI=1S/C18H23N5O2S/c1-4-23-16(13-5-6-13)21-22-18(23)26-11(2)17(25)20-15-9-7-14(8-10-15)19-12(3)24/h7-11,13H,4-6H2,1-3H3,(H,19,24)(H,20,25)/t11-/m0/s1. The molecular weight excluding hydrogens is 350 g/mol. The van der Waals surface area contributed by atoms with Crippen molar-refractivity contribution in [3.63, 3.8) is 0 Å². The third-order valence-electron chi connectivity index (χ3n) is 4.13. The summed E-state index contributed by atoms with van der Waals surface area (Å²) in [6.45, 7) is 6.19. The highest BCUT2D eigenvalue weighted by Crippen LogP contribution is 2.40. The van der Waals surface area contributed by atoms with E-state index in [9.17, 15) is 9.59 Å². The van der Waals surface area contributed by atoms with E-state index in [1.807, 2.05) is 6.92 Å². The van der Waals surface area contributed by atoms with Crippen LogP contribution in [0.15, 0.2) is 29.4 Å². The second kappa shape index (κ2) is 7.90. The number of nitrogens with one attached hydrogen (secondary N) is 2. The molecule has 1 saturated carbocycles. The Hall–Kier alpha value is -2.35. The molecule has 1 atom stereocenters. The fourth-order valence-electron chi connectivity index (χ4n) is 2.62. The van der Waals surface area contributed by atoms with Gasteiger partial charge in [0, 0.05) is 30.8 Å². The zero-order valence-corrected chi connectivity index (χ0v) is 16.0.